The zero-order chi connectivity index (χ0) is 18.8. The topological polar surface area (TPSA) is 53.1 Å². The molecule has 4 rings (SSSR count). The fraction of sp³-hybridized carbons (Fsp3) is 0.318. The highest BCUT2D eigenvalue weighted by molar-refractivity contribution is 5.81. The number of quaternary nitrogens is 1. The predicted molar refractivity (Wildman–Crippen MR) is 103 cm³/mol. The standard InChI is InChI=1S/C22H23NO4/c1-25-18-7-3-15(4-8-18)13-23(17-5-6-17)14-16-11-22(24)27-21-12-19(26-2)9-10-20(16)21/h3-4,7-12,17H,5-6,13-14H2,1-2H3/p+1. The van der Waals surface area contributed by atoms with Gasteiger partial charge in [-0.15, -0.1) is 0 Å². The SMILES string of the molecule is COc1ccc(C[NH+](Cc2cc(=O)oc3cc(OC)ccc23)C2CC2)cc1. The van der Waals surface area contributed by atoms with E-state index in [1.54, 1.807) is 26.4 Å². The largest absolute Gasteiger partial charge is 0.497 e. The molecule has 140 valence electrons. The Morgan fingerprint density at radius 3 is 2.33 bits per heavy atom. The third-order valence-corrected chi connectivity index (χ3v) is 5.20. The maximum absolute atomic E-state index is 12.1. The molecule has 1 aliphatic rings. The van der Waals surface area contributed by atoms with Gasteiger partial charge in [0.2, 0.25) is 0 Å². The quantitative estimate of drug-likeness (QED) is 0.653. The normalized spacial score (nSPS) is 14.9. The average Bonchev–Trinajstić information content (AvgIpc) is 3.52. The maximum atomic E-state index is 12.1. The van der Waals surface area contributed by atoms with Gasteiger partial charge in [-0.1, -0.05) is 0 Å². The van der Waals surface area contributed by atoms with Crippen molar-refractivity contribution in [3.05, 3.63) is 70.1 Å². The van der Waals surface area contributed by atoms with E-state index in [0.717, 1.165) is 29.8 Å². The number of ether oxygens (including phenoxy) is 2. The summed E-state index contributed by atoms with van der Waals surface area (Å²) in [7, 11) is 3.29. The van der Waals surface area contributed by atoms with Crippen LogP contribution in [0.15, 0.2) is 57.7 Å². The Kier molecular flexibility index (Phi) is 4.86. The Morgan fingerprint density at radius 2 is 1.67 bits per heavy atom. The van der Waals surface area contributed by atoms with Gasteiger partial charge in [0.05, 0.1) is 20.3 Å². The molecule has 1 atom stereocenters. The summed E-state index contributed by atoms with van der Waals surface area (Å²) in [5, 5.41) is 0.975. The van der Waals surface area contributed by atoms with E-state index in [-0.39, 0.29) is 5.63 Å². The van der Waals surface area contributed by atoms with E-state index in [4.69, 9.17) is 13.9 Å². The fourth-order valence-corrected chi connectivity index (χ4v) is 3.58. The Hall–Kier alpha value is -2.79. The lowest BCUT2D eigenvalue weighted by Crippen LogP contribution is -3.10. The highest BCUT2D eigenvalue weighted by atomic mass is 16.5. The van der Waals surface area contributed by atoms with Crippen LogP contribution >= 0.6 is 0 Å². The summed E-state index contributed by atoms with van der Waals surface area (Å²) in [5.74, 6) is 1.56. The molecule has 0 aliphatic heterocycles. The molecule has 0 spiro atoms. The van der Waals surface area contributed by atoms with Crippen molar-refractivity contribution in [2.45, 2.75) is 32.0 Å². The first-order chi connectivity index (χ1) is 13.2. The summed E-state index contributed by atoms with van der Waals surface area (Å²) in [6.45, 7) is 1.72. The predicted octanol–water partition coefficient (Wildman–Crippen LogP) is 2.56. The highest BCUT2D eigenvalue weighted by Crippen LogP contribution is 2.23. The number of fused-ring (bicyclic) bond motifs is 1. The maximum Gasteiger partial charge on any atom is 0.336 e. The molecule has 0 radical (unpaired) electrons. The van der Waals surface area contributed by atoms with Crippen molar-refractivity contribution in [2.75, 3.05) is 14.2 Å². The first-order valence-electron chi connectivity index (χ1n) is 9.24. The molecule has 0 bridgehead atoms. The van der Waals surface area contributed by atoms with Crippen molar-refractivity contribution < 1.29 is 18.8 Å². The van der Waals surface area contributed by atoms with Gasteiger partial charge in [0.25, 0.3) is 0 Å². The zero-order valence-corrected chi connectivity index (χ0v) is 15.7. The summed E-state index contributed by atoms with van der Waals surface area (Å²) in [4.78, 5) is 13.5. The lowest BCUT2D eigenvalue weighted by atomic mass is 10.1. The van der Waals surface area contributed by atoms with Crippen LogP contribution in [0, 0.1) is 0 Å². The number of rotatable bonds is 7. The van der Waals surface area contributed by atoms with Gasteiger partial charge in [0.1, 0.15) is 30.2 Å². The van der Waals surface area contributed by atoms with Gasteiger partial charge in [-0.3, -0.25) is 0 Å². The molecule has 5 heteroatoms. The van der Waals surface area contributed by atoms with Crippen LogP contribution in [0.3, 0.4) is 0 Å². The van der Waals surface area contributed by atoms with Crippen molar-refractivity contribution in [3.63, 3.8) is 0 Å². The van der Waals surface area contributed by atoms with Crippen LogP contribution in [0.4, 0.5) is 0 Å². The van der Waals surface area contributed by atoms with Crippen molar-refractivity contribution in [3.8, 4) is 11.5 Å². The molecule has 1 aliphatic carbocycles. The molecular weight excluding hydrogens is 342 g/mol. The summed E-state index contributed by atoms with van der Waals surface area (Å²) in [5.41, 5.74) is 2.56. The minimum atomic E-state index is -0.314. The van der Waals surface area contributed by atoms with Crippen molar-refractivity contribution in [2.24, 2.45) is 0 Å². The molecule has 1 fully saturated rings. The minimum absolute atomic E-state index is 0.314. The second-order valence-corrected chi connectivity index (χ2v) is 7.09. The first-order valence-corrected chi connectivity index (χ1v) is 9.24. The second-order valence-electron chi connectivity index (χ2n) is 7.09. The van der Waals surface area contributed by atoms with E-state index in [1.165, 1.54) is 23.3 Å². The van der Waals surface area contributed by atoms with E-state index in [1.807, 2.05) is 24.3 Å². The summed E-state index contributed by atoms with van der Waals surface area (Å²) >= 11 is 0. The van der Waals surface area contributed by atoms with Gasteiger partial charge in [-0.05, 0) is 36.4 Å². The number of hydrogen-bond acceptors (Lipinski definition) is 4. The van der Waals surface area contributed by atoms with E-state index >= 15 is 0 Å². The number of hydrogen-bond donors (Lipinski definition) is 1. The number of benzene rings is 2. The average molecular weight is 366 g/mol. The lowest BCUT2D eigenvalue weighted by molar-refractivity contribution is -0.938. The molecule has 5 nitrogen and oxygen atoms in total. The van der Waals surface area contributed by atoms with Gasteiger partial charge in [0.15, 0.2) is 0 Å². The van der Waals surface area contributed by atoms with Crippen LogP contribution in [0.1, 0.15) is 24.0 Å². The number of methoxy groups -OCH3 is 2. The van der Waals surface area contributed by atoms with Crippen LogP contribution < -0.4 is 20.0 Å². The molecule has 1 aromatic heterocycles. The van der Waals surface area contributed by atoms with Gasteiger partial charge in [0, 0.05) is 41.5 Å². The van der Waals surface area contributed by atoms with Crippen molar-refractivity contribution >= 4 is 11.0 Å². The number of nitrogens with one attached hydrogen (secondary N) is 1. The zero-order valence-electron chi connectivity index (χ0n) is 15.7. The molecular formula is C22H24NO4+. The Morgan fingerprint density at radius 1 is 0.963 bits per heavy atom. The Balaban J connectivity index is 1.62. The van der Waals surface area contributed by atoms with E-state index in [9.17, 15) is 4.79 Å². The summed E-state index contributed by atoms with van der Waals surface area (Å²) in [6, 6.07) is 16.2. The van der Waals surface area contributed by atoms with E-state index < -0.39 is 0 Å². The van der Waals surface area contributed by atoms with Crippen molar-refractivity contribution in [1.29, 1.82) is 0 Å². The van der Waals surface area contributed by atoms with Gasteiger partial charge in [-0.2, -0.15) is 0 Å². The van der Waals surface area contributed by atoms with Crippen LogP contribution in [0.5, 0.6) is 11.5 Å². The molecule has 1 heterocycles. The summed E-state index contributed by atoms with van der Waals surface area (Å²) in [6.07, 6.45) is 2.47. The van der Waals surface area contributed by atoms with Crippen LogP contribution in [0.2, 0.25) is 0 Å². The molecule has 3 aromatic rings. The smallest absolute Gasteiger partial charge is 0.336 e. The van der Waals surface area contributed by atoms with E-state index in [0.29, 0.717) is 17.4 Å². The molecule has 0 saturated heterocycles. The minimum Gasteiger partial charge on any atom is -0.497 e. The van der Waals surface area contributed by atoms with Gasteiger partial charge in [-0.25, -0.2) is 4.79 Å². The Bertz CT molecular complexity index is 989. The molecule has 1 saturated carbocycles. The molecule has 2 aromatic carbocycles. The van der Waals surface area contributed by atoms with Crippen LogP contribution in [-0.4, -0.2) is 20.3 Å². The molecule has 1 N–H and O–H groups in total. The summed E-state index contributed by atoms with van der Waals surface area (Å²) < 4.78 is 15.9. The van der Waals surface area contributed by atoms with Crippen LogP contribution in [-0.2, 0) is 13.1 Å². The highest BCUT2D eigenvalue weighted by Gasteiger charge is 2.33. The second kappa shape index (κ2) is 7.45. The first kappa shape index (κ1) is 17.6. The monoisotopic (exact) mass is 366 g/mol. The lowest BCUT2D eigenvalue weighted by Gasteiger charge is -2.20. The fourth-order valence-electron chi connectivity index (χ4n) is 3.58. The van der Waals surface area contributed by atoms with E-state index in [2.05, 4.69) is 12.1 Å². The van der Waals surface area contributed by atoms with Gasteiger partial charge < -0.3 is 18.8 Å². The third kappa shape index (κ3) is 3.98. The van der Waals surface area contributed by atoms with Crippen LogP contribution in [0.25, 0.3) is 11.0 Å². The molecule has 1 unspecified atom stereocenters. The van der Waals surface area contributed by atoms with Gasteiger partial charge >= 0.3 is 5.63 Å². The Labute approximate surface area is 158 Å². The molecule has 0 amide bonds. The van der Waals surface area contributed by atoms with Crippen molar-refractivity contribution in [1.82, 2.24) is 0 Å². The molecule has 27 heavy (non-hydrogen) atoms. The third-order valence-electron chi connectivity index (χ3n) is 5.20.